The molecule has 0 aliphatic rings. The van der Waals surface area contributed by atoms with Crippen molar-refractivity contribution in [1.29, 1.82) is 0 Å². The summed E-state index contributed by atoms with van der Waals surface area (Å²) in [4.78, 5) is 9.70. The van der Waals surface area contributed by atoms with Gasteiger partial charge in [0.15, 0.2) is 0 Å². The number of nitrogens with two attached hydrogens (primary N) is 1. The molecule has 1 aromatic rings. The van der Waals surface area contributed by atoms with Gasteiger partial charge in [-0.2, -0.15) is 4.39 Å². The van der Waals surface area contributed by atoms with Gasteiger partial charge in [-0.05, 0) is 18.4 Å². The number of halogens is 2. The van der Waals surface area contributed by atoms with E-state index in [1.165, 1.54) is 0 Å². The van der Waals surface area contributed by atoms with Crippen molar-refractivity contribution in [2.45, 2.75) is 13.8 Å². The van der Waals surface area contributed by atoms with Crippen LogP contribution in [-0.2, 0) is 0 Å². The Bertz CT molecular complexity index is 467. The molecule has 0 heterocycles. The van der Waals surface area contributed by atoms with Crippen molar-refractivity contribution >= 4 is 11.4 Å². The zero-order valence-electron chi connectivity index (χ0n) is 10.8. The summed E-state index contributed by atoms with van der Waals surface area (Å²) in [5.74, 6) is -1.66. The number of rotatable bonds is 6. The van der Waals surface area contributed by atoms with E-state index >= 15 is 0 Å². The van der Waals surface area contributed by atoms with Crippen LogP contribution in [0.15, 0.2) is 12.1 Å². The molecular weight excluding hydrogens is 256 g/mol. The lowest BCUT2D eigenvalue weighted by atomic mass is 9.96. The van der Waals surface area contributed by atoms with E-state index < -0.39 is 22.2 Å². The van der Waals surface area contributed by atoms with Gasteiger partial charge in [0.05, 0.1) is 10.6 Å². The standard InChI is InChI=1S/C12H17F2N3O2/c1-7(2)8(5-15)6-16-11-4-12(17(18)19)10(14)3-9(11)13/h3-4,7-8,16H,5-6,15H2,1-2H3. The molecule has 0 aliphatic heterocycles. The molecule has 3 N–H and O–H groups in total. The summed E-state index contributed by atoms with van der Waals surface area (Å²) in [5, 5.41) is 13.3. The number of nitrogens with zero attached hydrogens (tertiary/aromatic N) is 1. The number of anilines is 1. The molecule has 0 aromatic heterocycles. The molecule has 7 heteroatoms. The first-order valence-corrected chi connectivity index (χ1v) is 5.94. The molecule has 1 aromatic carbocycles. The second-order valence-electron chi connectivity index (χ2n) is 4.66. The van der Waals surface area contributed by atoms with E-state index in [1.54, 1.807) is 0 Å². The number of nitro groups is 1. The normalized spacial score (nSPS) is 12.5. The average molecular weight is 273 g/mol. The predicted molar refractivity (Wildman–Crippen MR) is 68.9 cm³/mol. The van der Waals surface area contributed by atoms with Crippen LogP contribution in [0, 0.1) is 33.6 Å². The van der Waals surface area contributed by atoms with Crippen molar-refractivity contribution in [1.82, 2.24) is 0 Å². The quantitative estimate of drug-likeness (QED) is 0.616. The first-order chi connectivity index (χ1) is 8.86. The number of benzene rings is 1. The van der Waals surface area contributed by atoms with Crippen molar-refractivity contribution < 1.29 is 13.7 Å². The molecule has 1 unspecified atom stereocenters. The van der Waals surface area contributed by atoms with Crippen LogP contribution in [0.1, 0.15) is 13.8 Å². The summed E-state index contributed by atoms with van der Waals surface area (Å²) >= 11 is 0. The van der Waals surface area contributed by atoms with Crippen LogP contribution in [-0.4, -0.2) is 18.0 Å². The van der Waals surface area contributed by atoms with E-state index in [9.17, 15) is 18.9 Å². The predicted octanol–water partition coefficient (Wildman–Crippen LogP) is 2.52. The lowest BCUT2D eigenvalue weighted by Gasteiger charge is -2.20. The molecule has 1 rings (SSSR count). The Balaban J connectivity index is 2.89. The maximum absolute atomic E-state index is 13.5. The van der Waals surface area contributed by atoms with Crippen LogP contribution >= 0.6 is 0 Å². The first kappa shape index (κ1) is 15.3. The zero-order chi connectivity index (χ0) is 14.6. The molecule has 0 fully saturated rings. The molecule has 0 saturated heterocycles. The highest BCUT2D eigenvalue weighted by atomic mass is 19.1. The largest absolute Gasteiger partial charge is 0.382 e. The molecule has 0 saturated carbocycles. The fourth-order valence-electron chi connectivity index (χ4n) is 1.65. The molecule has 106 valence electrons. The minimum absolute atomic E-state index is 0.0906. The van der Waals surface area contributed by atoms with Gasteiger partial charge in [-0.3, -0.25) is 10.1 Å². The summed E-state index contributed by atoms with van der Waals surface area (Å²) in [6.07, 6.45) is 0. The molecule has 0 amide bonds. The molecule has 0 bridgehead atoms. The Kier molecular flexibility index (Phi) is 5.17. The Morgan fingerprint density at radius 3 is 2.47 bits per heavy atom. The monoisotopic (exact) mass is 273 g/mol. The maximum atomic E-state index is 13.5. The number of nitro benzene ring substituents is 1. The van der Waals surface area contributed by atoms with Gasteiger partial charge in [0, 0.05) is 18.7 Å². The first-order valence-electron chi connectivity index (χ1n) is 5.94. The highest BCUT2D eigenvalue weighted by Crippen LogP contribution is 2.25. The van der Waals surface area contributed by atoms with E-state index in [0.717, 1.165) is 6.07 Å². The van der Waals surface area contributed by atoms with Crippen molar-refractivity contribution in [3.63, 3.8) is 0 Å². The number of hydrogen-bond donors (Lipinski definition) is 2. The van der Waals surface area contributed by atoms with Crippen molar-refractivity contribution in [3.05, 3.63) is 33.9 Å². The Morgan fingerprint density at radius 1 is 1.37 bits per heavy atom. The second-order valence-corrected chi connectivity index (χ2v) is 4.66. The average Bonchev–Trinajstić information content (AvgIpc) is 2.31. The minimum atomic E-state index is -1.19. The van der Waals surface area contributed by atoms with Gasteiger partial charge in [-0.1, -0.05) is 13.8 Å². The zero-order valence-corrected chi connectivity index (χ0v) is 10.8. The van der Waals surface area contributed by atoms with Gasteiger partial charge in [-0.25, -0.2) is 4.39 Å². The second kappa shape index (κ2) is 6.42. The summed E-state index contributed by atoms with van der Waals surface area (Å²) in [5.41, 5.74) is 4.73. The Morgan fingerprint density at radius 2 is 2.00 bits per heavy atom. The van der Waals surface area contributed by atoms with Gasteiger partial charge in [0.2, 0.25) is 5.82 Å². The van der Waals surface area contributed by atoms with Gasteiger partial charge < -0.3 is 11.1 Å². The van der Waals surface area contributed by atoms with Gasteiger partial charge in [0.25, 0.3) is 0 Å². The topological polar surface area (TPSA) is 81.2 Å². The molecule has 0 aliphatic carbocycles. The van der Waals surface area contributed by atoms with Crippen LogP contribution < -0.4 is 11.1 Å². The smallest absolute Gasteiger partial charge is 0.307 e. The fraction of sp³-hybridized carbons (Fsp3) is 0.500. The molecule has 1 atom stereocenters. The highest BCUT2D eigenvalue weighted by molar-refractivity contribution is 5.53. The van der Waals surface area contributed by atoms with Crippen LogP contribution in [0.25, 0.3) is 0 Å². The Hall–Kier alpha value is -1.76. The van der Waals surface area contributed by atoms with E-state index in [-0.39, 0.29) is 17.5 Å². The van der Waals surface area contributed by atoms with Crippen molar-refractivity contribution in [2.75, 3.05) is 18.4 Å². The third-order valence-electron chi connectivity index (χ3n) is 3.03. The summed E-state index contributed by atoms with van der Waals surface area (Å²) < 4.78 is 26.6. The van der Waals surface area contributed by atoms with Crippen LogP contribution in [0.3, 0.4) is 0 Å². The Labute approximate surface area is 109 Å². The van der Waals surface area contributed by atoms with Crippen molar-refractivity contribution in [2.24, 2.45) is 17.6 Å². The summed E-state index contributed by atoms with van der Waals surface area (Å²) in [7, 11) is 0. The van der Waals surface area contributed by atoms with Crippen LogP contribution in [0.2, 0.25) is 0 Å². The highest BCUT2D eigenvalue weighted by Gasteiger charge is 2.19. The third-order valence-corrected chi connectivity index (χ3v) is 3.03. The van der Waals surface area contributed by atoms with Gasteiger partial charge in [-0.15, -0.1) is 0 Å². The van der Waals surface area contributed by atoms with Crippen LogP contribution in [0.4, 0.5) is 20.2 Å². The maximum Gasteiger partial charge on any atom is 0.307 e. The van der Waals surface area contributed by atoms with E-state index in [2.05, 4.69) is 5.32 Å². The lowest BCUT2D eigenvalue weighted by molar-refractivity contribution is -0.387. The molecular formula is C12H17F2N3O2. The summed E-state index contributed by atoms with van der Waals surface area (Å²) in [6, 6.07) is 1.37. The number of hydrogen-bond acceptors (Lipinski definition) is 4. The lowest BCUT2D eigenvalue weighted by Crippen LogP contribution is -2.27. The summed E-state index contributed by atoms with van der Waals surface area (Å²) in [6.45, 7) is 4.73. The third kappa shape index (κ3) is 3.85. The van der Waals surface area contributed by atoms with Crippen LogP contribution in [0.5, 0.6) is 0 Å². The SMILES string of the molecule is CC(C)C(CN)CNc1cc([N+](=O)[O-])c(F)cc1F. The molecule has 0 radical (unpaired) electrons. The molecule has 5 nitrogen and oxygen atoms in total. The van der Waals surface area contributed by atoms with E-state index in [1.807, 2.05) is 13.8 Å². The van der Waals surface area contributed by atoms with Gasteiger partial charge >= 0.3 is 5.69 Å². The minimum Gasteiger partial charge on any atom is -0.382 e. The number of nitrogens with one attached hydrogen (secondary N) is 1. The molecule has 19 heavy (non-hydrogen) atoms. The van der Waals surface area contributed by atoms with E-state index in [0.29, 0.717) is 19.2 Å². The molecule has 0 spiro atoms. The van der Waals surface area contributed by atoms with Gasteiger partial charge in [0.1, 0.15) is 5.82 Å². The fourth-order valence-corrected chi connectivity index (χ4v) is 1.65. The van der Waals surface area contributed by atoms with E-state index in [4.69, 9.17) is 5.73 Å². The van der Waals surface area contributed by atoms with Crippen molar-refractivity contribution in [3.8, 4) is 0 Å².